The standard InChI is InChI=1S/C14H15NO3S/c1-15-11-8-12(19-13(11)14(16)18-3)9-4-6-10(17-2)7-5-9/h4-8,15H,1-3H3. The summed E-state index contributed by atoms with van der Waals surface area (Å²) >= 11 is 1.41. The van der Waals surface area contributed by atoms with Gasteiger partial charge in [0, 0.05) is 11.9 Å². The van der Waals surface area contributed by atoms with Gasteiger partial charge in [0.05, 0.1) is 19.9 Å². The number of rotatable bonds is 4. The third-order valence-electron chi connectivity index (χ3n) is 2.75. The highest BCUT2D eigenvalue weighted by atomic mass is 32.1. The van der Waals surface area contributed by atoms with Crippen LogP contribution in [0, 0.1) is 0 Å². The number of thiophene rings is 1. The van der Waals surface area contributed by atoms with Gasteiger partial charge in [0.15, 0.2) is 0 Å². The molecule has 0 saturated heterocycles. The Balaban J connectivity index is 2.39. The molecule has 1 aromatic carbocycles. The Morgan fingerprint density at radius 1 is 1.21 bits per heavy atom. The molecule has 1 aromatic heterocycles. The number of ether oxygens (including phenoxy) is 2. The summed E-state index contributed by atoms with van der Waals surface area (Å²) in [5, 5.41) is 3.01. The molecule has 100 valence electrons. The van der Waals surface area contributed by atoms with E-state index in [1.54, 1.807) is 14.2 Å². The molecule has 0 radical (unpaired) electrons. The van der Waals surface area contributed by atoms with Crippen LogP contribution in [0.25, 0.3) is 10.4 Å². The number of methoxy groups -OCH3 is 2. The molecule has 2 aromatic rings. The van der Waals surface area contributed by atoms with Gasteiger partial charge >= 0.3 is 5.97 Å². The smallest absolute Gasteiger partial charge is 0.350 e. The molecule has 0 fully saturated rings. The zero-order valence-corrected chi connectivity index (χ0v) is 11.8. The van der Waals surface area contributed by atoms with Gasteiger partial charge in [-0.1, -0.05) is 0 Å². The van der Waals surface area contributed by atoms with Gasteiger partial charge in [-0.05, 0) is 35.9 Å². The molecule has 0 aliphatic carbocycles. The summed E-state index contributed by atoms with van der Waals surface area (Å²) < 4.78 is 9.90. The predicted octanol–water partition coefficient (Wildman–Crippen LogP) is 3.25. The van der Waals surface area contributed by atoms with Gasteiger partial charge in [0.2, 0.25) is 0 Å². The number of benzene rings is 1. The van der Waals surface area contributed by atoms with E-state index in [0.29, 0.717) is 4.88 Å². The van der Waals surface area contributed by atoms with Gasteiger partial charge in [0.1, 0.15) is 10.6 Å². The average Bonchev–Trinajstić information content (AvgIpc) is 2.90. The Labute approximate surface area is 116 Å². The van der Waals surface area contributed by atoms with Crippen molar-refractivity contribution < 1.29 is 14.3 Å². The lowest BCUT2D eigenvalue weighted by Gasteiger charge is -2.00. The third kappa shape index (κ3) is 2.71. The number of carbonyl (C=O) groups is 1. The highest BCUT2D eigenvalue weighted by Crippen LogP contribution is 2.35. The molecule has 0 aliphatic rings. The van der Waals surface area contributed by atoms with E-state index in [1.807, 2.05) is 30.3 Å². The van der Waals surface area contributed by atoms with E-state index < -0.39 is 0 Å². The van der Waals surface area contributed by atoms with Gasteiger partial charge in [-0.2, -0.15) is 0 Å². The summed E-state index contributed by atoms with van der Waals surface area (Å²) in [6.07, 6.45) is 0. The number of hydrogen-bond acceptors (Lipinski definition) is 5. The average molecular weight is 277 g/mol. The highest BCUT2D eigenvalue weighted by molar-refractivity contribution is 7.18. The minimum Gasteiger partial charge on any atom is -0.497 e. The van der Waals surface area contributed by atoms with Gasteiger partial charge in [-0.25, -0.2) is 4.79 Å². The van der Waals surface area contributed by atoms with E-state index in [-0.39, 0.29) is 5.97 Å². The summed E-state index contributed by atoms with van der Waals surface area (Å²) in [5.74, 6) is 0.483. The second kappa shape index (κ2) is 5.75. The monoisotopic (exact) mass is 277 g/mol. The minimum atomic E-state index is -0.325. The summed E-state index contributed by atoms with van der Waals surface area (Å²) in [6, 6.07) is 9.66. The Morgan fingerprint density at radius 2 is 1.89 bits per heavy atom. The zero-order chi connectivity index (χ0) is 13.8. The lowest BCUT2D eigenvalue weighted by molar-refractivity contribution is 0.0607. The Bertz CT molecular complexity index is 575. The first-order valence-electron chi connectivity index (χ1n) is 5.74. The van der Waals surface area contributed by atoms with Gasteiger partial charge < -0.3 is 14.8 Å². The first-order chi connectivity index (χ1) is 9.19. The number of hydrogen-bond donors (Lipinski definition) is 1. The largest absolute Gasteiger partial charge is 0.497 e. The molecule has 2 rings (SSSR count). The molecule has 0 amide bonds. The predicted molar refractivity (Wildman–Crippen MR) is 77.2 cm³/mol. The van der Waals surface area contributed by atoms with E-state index in [1.165, 1.54) is 18.4 Å². The van der Waals surface area contributed by atoms with Crippen molar-refractivity contribution >= 4 is 23.0 Å². The first-order valence-corrected chi connectivity index (χ1v) is 6.55. The van der Waals surface area contributed by atoms with E-state index in [9.17, 15) is 4.79 Å². The fraction of sp³-hybridized carbons (Fsp3) is 0.214. The lowest BCUT2D eigenvalue weighted by Crippen LogP contribution is -2.01. The molecule has 0 bridgehead atoms. The summed E-state index contributed by atoms with van der Waals surface area (Å²) in [7, 11) is 4.80. The van der Waals surface area contributed by atoms with Crippen LogP contribution in [-0.2, 0) is 4.74 Å². The Kier molecular flexibility index (Phi) is 4.06. The summed E-state index contributed by atoms with van der Waals surface area (Å²) in [6.45, 7) is 0. The molecule has 4 nitrogen and oxygen atoms in total. The molecule has 5 heteroatoms. The molecule has 19 heavy (non-hydrogen) atoms. The fourth-order valence-corrected chi connectivity index (χ4v) is 2.81. The Hall–Kier alpha value is -2.01. The maximum atomic E-state index is 11.7. The van der Waals surface area contributed by atoms with Crippen molar-refractivity contribution in [3.63, 3.8) is 0 Å². The van der Waals surface area contributed by atoms with E-state index in [0.717, 1.165) is 21.9 Å². The van der Waals surface area contributed by atoms with Crippen LogP contribution in [0.15, 0.2) is 30.3 Å². The molecule has 0 spiro atoms. The maximum Gasteiger partial charge on any atom is 0.350 e. The van der Waals surface area contributed by atoms with Gasteiger partial charge in [0.25, 0.3) is 0 Å². The minimum absolute atomic E-state index is 0.325. The number of esters is 1. The van der Waals surface area contributed by atoms with Gasteiger partial charge in [-0.3, -0.25) is 0 Å². The molecule has 1 N–H and O–H groups in total. The molecule has 0 unspecified atom stereocenters. The second-order valence-electron chi connectivity index (χ2n) is 3.82. The van der Waals surface area contributed by atoms with Crippen LogP contribution in [0.3, 0.4) is 0 Å². The maximum absolute atomic E-state index is 11.7. The van der Waals surface area contributed by atoms with Crippen LogP contribution < -0.4 is 10.1 Å². The van der Waals surface area contributed by atoms with Crippen molar-refractivity contribution in [3.05, 3.63) is 35.2 Å². The topological polar surface area (TPSA) is 47.6 Å². The molecular weight excluding hydrogens is 262 g/mol. The number of anilines is 1. The van der Waals surface area contributed by atoms with Crippen LogP contribution in [0.5, 0.6) is 5.75 Å². The molecule has 0 saturated carbocycles. The van der Waals surface area contributed by atoms with Crippen molar-refractivity contribution in [2.24, 2.45) is 0 Å². The summed E-state index contributed by atoms with van der Waals surface area (Å²) in [4.78, 5) is 13.3. The molecule has 1 heterocycles. The molecular formula is C14H15NO3S. The van der Waals surface area contributed by atoms with Crippen molar-refractivity contribution in [1.29, 1.82) is 0 Å². The Morgan fingerprint density at radius 3 is 2.42 bits per heavy atom. The van der Waals surface area contributed by atoms with Gasteiger partial charge in [-0.15, -0.1) is 11.3 Å². The van der Waals surface area contributed by atoms with Crippen molar-refractivity contribution in [2.75, 3.05) is 26.6 Å². The highest BCUT2D eigenvalue weighted by Gasteiger charge is 2.16. The van der Waals surface area contributed by atoms with Crippen LogP contribution in [-0.4, -0.2) is 27.2 Å². The van der Waals surface area contributed by atoms with Crippen molar-refractivity contribution in [1.82, 2.24) is 0 Å². The molecule has 0 aliphatic heterocycles. The first kappa shape index (κ1) is 13.4. The normalized spacial score (nSPS) is 10.1. The number of carbonyl (C=O) groups excluding carboxylic acids is 1. The third-order valence-corrected chi connectivity index (χ3v) is 3.91. The zero-order valence-electron chi connectivity index (χ0n) is 11.0. The number of nitrogens with one attached hydrogen (secondary N) is 1. The van der Waals surface area contributed by atoms with Crippen molar-refractivity contribution in [3.8, 4) is 16.2 Å². The quantitative estimate of drug-likeness (QED) is 0.871. The summed E-state index contributed by atoms with van der Waals surface area (Å²) in [5.41, 5.74) is 1.82. The SMILES string of the molecule is CNc1cc(-c2ccc(OC)cc2)sc1C(=O)OC. The lowest BCUT2D eigenvalue weighted by atomic mass is 10.2. The van der Waals surface area contributed by atoms with Crippen LogP contribution in [0.1, 0.15) is 9.67 Å². The van der Waals surface area contributed by atoms with E-state index in [4.69, 9.17) is 9.47 Å². The van der Waals surface area contributed by atoms with E-state index in [2.05, 4.69) is 5.32 Å². The van der Waals surface area contributed by atoms with Crippen LogP contribution in [0.2, 0.25) is 0 Å². The van der Waals surface area contributed by atoms with Crippen LogP contribution in [0.4, 0.5) is 5.69 Å². The van der Waals surface area contributed by atoms with Crippen LogP contribution >= 0.6 is 11.3 Å². The fourth-order valence-electron chi connectivity index (χ4n) is 1.72. The van der Waals surface area contributed by atoms with Crippen molar-refractivity contribution in [2.45, 2.75) is 0 Å². The second-order valence-corrected chi connectivity index (χ2v) is 4.88. The van der Waals surface area contributed by atoms with E-state index >= 15 is 0 Å². The molecule has 0 atom stereocenters.